The van der Waals surface area contributed by atoms with Crippen molar-refractivity contribution in [2.24, 2.45) is 0 Å². The molecule has 1 aliphatic rings. The Hall–Kier alpha value is -0.490. The average molecular weight is 345 g/mol. The lowest BCUT2D eigenvalue weighted by Crippen LogP contribution is -2.46. The summed E-state index contributed by atoms with van der Waals surface area (Å²) in [7, 11) is 0. The molecule has 2 rings (SSSR count). The maximum absolute atomic E-state index is 6.09. The van der Waals surface area contributed by atoms with E-state index < -0.39 is 0 Å². The van der Waals surface area contributed by atoms with Gasteiger partial charge in [-0.05, 0) is 53.8 Å². The zero-order valence-electron chi connectivity index (χ0n) is 10.3. The molecule has 0 unspecified atom stereocenters. The lowest BCUT2D eigenvalue weighted by Gasteiger charge is -2.36. The first-order chi connectivity index (χ1) is 8.20. The smallest absolute Gasteiger partial charge is 0.0601 e. The molecule has 17 heavy (non-hydrogen) atoms. The molecule has 94 valence electrons. The zero-order chi connectivity index (χ0) is 12.3. The van der Waals surface area contributed by atoms with Crippen LogP contribution in [0, 0.1) is 3.57 Å². The third kappa shape index (κ3) is 3.25. The number of nitrogens with zero attached hydrogens (tertiary/aromatic N) is 2. The number of rotatable bonds is 3. The van der Waals surface area contributed by atoms with Gasteiger partial charge in [-0.2, -0.15) is 0 Å². The van der Waals surface area contributed by atoms with Gasteiger partial charge < -0.3 is 10.6 Å². The number of halogens is 1. The van der Waals surface area contributed by atoms with Crippen LogP contribution in [0.15, 0.2) is 18.2 Å². The van der Waals surface area contributed by atoms with Crippen molar-refractivity contribution in [2.75, 3.05) is 43.4 Å². The number of piperazine rings is 1. The van der Waals surface area contributed by atoms with E-state index in [-0.39, 0.29) is 0 Å². The number of anilines is 2. The van der Waals surface area contributed by atoms with Gasteiger partial charge in [0.25, 0.3) is 0 Å². The van der Waals surface area contributed by atoms with Crippen LogP contribution in [0.1, 0.15) is 13.3 Å². The van der Waals surface area contributed by atoms with Crippen LogP contribution in [-0.2, 0) is 0 Å². The minimum atomic E-state index is 0.904. The lowest BCUT2D eigenvalue weighted by molar-refractivity contribution is 0.258. The number of nitrogens with two attached hydrogens (primary N) is 1. The Kier molecular flexibility index (Phi) is 4.50. The summed E-state index contributed by atoms with van der Waals surface area (Å²) in [5.74, 6) is 0. The van der Waals surface area contributed by atoms with Crippen molar-refractivity contribution in [1.82, 2.24) is 4.90 Å². The van der Waals surface area contributed by atoms with E-state index in [1.165, 1.54) is 22.2 Å². The Bertz CT molecular complexity index is 373. The SMILES string of the molecule is CCCN1CCN(c2ccc(I)cc2N)CC1. The van der Waals surface area contributed by atoms with Crippen molar-refractivity contribution in [2.45, 2.75) is 13.3 Å². The Labute approximate surface area is 117 Å². The summed E-state index contributed by atoms with van der Waals surface area (Å²) in [4.78, 5) is 4.93. The Morgan fingerprint density at radius 1 is 1.24 bits per heavy atom. The minimum Gasteiger partial charge on any atom is -0.397 e. The molecule has 0 radical (unpaired) electrons. The van der Waals surface area contributed by atoms with Crippen LogP contribution in [0.4, 0.5) is 11.4 Å². The number of benzene rings is 1. The lowest BCUT2D eigenvalue weighted by atomic mass is 10.2. The van der Waals surface area contributed by atoms with Crippen molar-refractivity contribution in [3.05, 3.63) is 21.8 Å². The molecule has 1 saturated heterocycles. The Balaban J connectivity index is 2.00. The fourth-order valence-electron chi connectivity index (χ4n) is 2.34. The Morgan fingerprint density at radius 3 is 2.53 bits per heavy atom. The Morgan fingerprint density at radius 2 is 1.94 bits per heavy atom. The third-order valence-corrected chi connectivity index (χ3v) is 3.91. The topological polar surface area (TPSA) is 32.5 Å². The normalized spacial score (nSPS) is 17.4. The molecule has 0 aromatic heterocycles. The van der Waals surface area contributed by atoms with Crippen LogP contribution in [0.3, 0.4) is 0 Å². The standard InChI is InChI=1S/C13H20IN3/c1-2-5-16-6-8-17(9-7-16)13-4-3-11(14)10-12(13)15/h3-4,10H,2,5-9,15H2,1H3. The molecule has 1 fully saturated rings. The second kappa shape index (κ2) is 5.91. The second-order valence-electron chi connectivity index (χ2n) is 4.53. The highest BCUT2D eigenvalue weighted by Crippen LogP contribution is 2.26. The van der Waals surface area contributed by atoms with Crippen molar-refractivity contribution in [3.8, 4) is 0 Å². The molecule has 4 heteroatoms. The van der Waals surface area contributed by atoms with Crippen LogP contribution >= 0.6 is 22.6 Å². The van der Waals surface area contributed by atoms with Gasteiger partial charge >= 0.3 is 0 Å². The maximum atomic E-state index is 6.09. The maximum Gasteiger partial charge on any atom is 0.0601 e. The predicted octanol–water partition coefficient (Wildman–Crippen LogP) is 2.41. The van der Waals surface area contributed by atoms with E-state index >= 15 is 0 Å². The van der Waals surface area contributed by atoms with E-state index in [9.17, 15) is 0 Å². The summed E-state index contributed by atoms with van der Waals surface area (Å²) in [6.07, 6.45) is 1.24. The minimum absolute atomic E-state index is 0.904. The van der Waals surface area contributed by atoms with Crippen molar-refractivity contribution < 1.29 is 0 Å². The zero-order valence-corrected chi connectivity index (χ0v) is 12.5. The van der Waals surface area contributed by atoms with Gasteiger partial charge in [0.05, 0.1) is 11.4 Å². The first kappa shape index (κ1) is 13.0. The highest BCUT2D eigenvalue weighted by atomic mass is 127. The summed E-state index contributed by atoms with van der Waals surface area (Å²) >= 11 is 2.30. The third-order valence-electron chi connectivity index (χ3n) is 3.24. The number of hydrogen-bond donors (Lipinski definition) is 1. The molecule has 1 aromatic carbocycles. The van der Waals surface area contributed by atoms with E-state index in [0.29, 0.717) is 0 Å². The van der Waals surface area contributed by atoms with Crippen LogP contribution in [0.5, 0.6) is 0 Å². The molecular formula is C13H20IN3. The van der Waals surface area contributed by atoms with Crippen LogP contribution < -0.4 is 10.6 Å². The van der Waals surface area contributed by atoms with E-state index in [1.54, 1.807) is 0 Å². The summed E-state index contributed by atoms with van der Waals surface area (Å²) in [6.45, 7) is 7.94. The van der Waals surface area contributed by atoms with Crippen molar-refractivity contribution in [1.29, 1.82) is 0 Å². The van der Waals surface area contributed by atoms with Crippen molar-refractivity contribution in [3.63, 3.8) is 0 Å². The first-order valence-corrected chi connectivity index (χ1v) is 7.31. The second-order valence-corrected chi connectivity index (χ2v) is 5.78. The van der Waals surface area contributed by atoms with E-state index in [2.05, 4.69) is 51.4 Å². The average Bonchev–Trinajstić information content (AvgIpc) is 2.31. The van der Waals surface area contributed by atoms with Crippen LogP contribution in [0.2, 0.25) is 0 Å². The summed E-state index contributed by atoms with van der Waals surface area (Å²) in [6, 6.07) is 6.32. The molecule has 0 bridgehead atoms. The molecule has 0 saturated carbocycles. The molecular weight excluding hydrogens is 325 g/mol. The first-order valence-electron chi connectivity index (χ1n) is 6.23. The predicted molar refractivity (Wildman–Crippen MR) is 82.5 cm³/mol. The summed E-state index contributed by atoms with van der Waals surface area (Å²) in [5.41, 5.74) is 8.18. The van der Waals surface area contributed by atoms with E-state index in [0.717, 1.165) is 31.9 Å². The summed E-state index contributed by atoms with van der Waals surface area (Å²) in [5, 5.41) is 0. The van der Waals surface area contributed by atoms with Crippen LogP contribution in [0.25, 0.3) is 0 Å². The highest BCUT2D eigenvalue weighted by molar-refractivity contribution is 14.1. The van der Waals surface area contributed by atoms with Gasteiger partial charge in [-0.3, -0.25) is 4.90 Å². The summed E-state index contributed by atoms with van der Waals surface area (Å²) < 4.78 is 1.20. The molecule has 0 atom stereocenters. The van der Waals surface area contributed by atoms with Gasteiger partial charge in [0.15, 0.2) is 0 Å². The molecule has 0 aliphatic carbocycles. The van der Waals surface area contributed by atoms with Gasteiger partial charge in [0.1, 0.15) is 0 Å². The number of hydrogen-bond acceptors (Lipinski definition) is 3. The molecule has 2 N–H and O–H groups in total. The van der Waals surface area contributed by atoms with Gasteiger partial charge in [-0.1, -0.05) is 6.92 Å². The molecule has 1 heterocycles. The molecule has 0 spiro atoms. The highest BCUT2D eigenvalue weighted by Gasteiger charge is 2.17. The van der Waals surface area contributed by atoms with E-state index in [4.69, 9.17) is 5.73 Å². The quantitative estimate of drug-likeness (QED) is 0.675. The van der Waals surface area contributed by atoms with Gasteiger partial charge in [0.2, 0.25) is 0 Å². The van der Waals surface area contributed by atoms with Crippen molar-refractivity contribution >= 4 is 34.0 Å². The van der Waals surface area contributed by atoms with Gasteiger partial charge in [0, 0.05) is 29.7 Å². The van der Waals surface area contributed by atoms with Gasteiger partial charge in [-0.25, -0.2) is 0 Å². The molecule has 1 aliphatic heterocycles. The molecule has 3 nitrogen and oxygen atoms in total. The fraction of sp³-hybridized carbons (Fsp3) is 0.538. The molecule has 0 amide bonds. The molecule has 1 aromatic rings. The van der Waals surface area contributed by atoms with Crippen LogP contribution in [-0.4, -0.2) is 37.6 Å². The fourth-order valence-corrected chi connectivity index (χ4v) is 2.86. The largest absolute Gasteiger partial charge is 0.397 e. The van der Waals surface area contributed by atoms with E-state index in [1.807, 2.05) is 6.07 Å². The number of nitrogen functional groups attached to an aromatic ring is 1. The van der Waals surface area contributed by atoms with Gasteiger partial charge in [-0.15, -0.1) is 0 Å². The monoisotopic (exact) mass is 345 g/mol.